The highest BCUT2D eigenvalue weighted by Gasteiger charge is 2.26. The van der Waals surface area contributed by atoms with E-state index in [1.807, 2.05) is 43.1 Å². The number of amides is 1. The number of carbonyl (C=O) groups is 1. The second kappa shape index (κ2) is 6.20. The average molecular weight is 261 g/mol. The van der Waals surface area contributed by atoms with Crippen molar-refractivity contribution in [2.24, 2.45) is 0 Å². The molecule has 0 atom stereocenters. The molecule has 1 saturated carbocycles. The fraction of sp³-hybridized carbons (Fsp3) is 0.562. The van der Waals surface area contributed by atoms with E-state index in [2.05, 4.69) is 0 Å². The smallest absolute Gasteiger partial charge is 0.253 e. The van der Waals surface area contributed by atoms with Crippen molar-refractivity contribution in [1.82, 2.24) is 4.90 Å². The summed E-state index contributed by atoms with van der Waals surface area (Å²) in [4.78, 5) is 14.3. The van der Waals surface area contributed by atoms with Gasteiger partial charge >= 0.3 is 0 Å². The molecule has 1 fully saturated rings. The highest BCUT2D eigenvalue weighted by Crippen LogP contribution is 2.25. The first-order valence-corrected chi connectivity index (χ1v) is 6.98. The molecule has 0 radical (unpaired) electrons. The van der Waals surface area contributed by atoms with E-state index in [1.54, 1.807) is 7.11 Å². The Bertz CT molecular complexity index is 419. The molecule has 0 heterocycles. The molecule has 1 aromatic rings. The van der Waals surface area contributed by atoms with Gasteiger partial charge in [-0.05, 0) is 44.7 Å². The summed E-state index contributed by atoms with van der Waals surface area (Å²) in [5, 5.41) is 0. The number of nitrogens with zero attached hydrogens (tertiary/aromatic N) is 1. The molecule has 1 amide bonds. The van der Waals surface area contributed by atoms with Crippen LogP contribution in [-0.2, 0) is 4.74 Å². The van der Waals surface area contributed by atoms with Crippen LogP contribution in [-0.4, -0.2) is 37.1 Å². The van der Waals surface area contributed by atoms with Crippen LogP contribution in [0.1, 0.15) is 41.6 Å². The van der Waals surface area contributed by atoms with Crippen LogP contribution >= 0.6 is 0 Å². The van der Waals surface area contributed by atoms with Crippen LogP contribution in [0.3, 0.4) is 0 Å². The number of hydrogen-bond acceptors (Lipinski definition) is 2. The third kappa shape index (κ3) is 3.35. The highest BCUT2D eigenvalue weighted by molar-refractivity contribution is 5.94. The maximum absolute atomic E-state index is 12.4. The van der Waals surface area contributed by atoms with Gasteiger partial charge in [-0.1, -0.05) is 17.7 Å². The van der Waals surface area contributed by atoms with Crippen molar-refractivity contribution in [3.05, 3.63) is 35.4 Å². The van der Waals surface area contributed by atoms with Gasteiger partial charge in [-0.2, -0.15) is 0 Å². The molecule has 1 aliphatic carbocycles. The first-order chi connectivity index (χ1) is 9.11. The SMILES string of the molecule is COC1CCC(N(C)C(=O)c2ccc(C)cc2)CC1. The quantitative estimate of drug-likeness (QED) is 0.837. The normalized spacial score (nSPS) is 23.1. The Labute approximate surface area is 115 Å². The van der Waals surface area contributed by atoms with E-state index >= 15 is 0 Å². The molecule has 0 unspecified atom stereocenters. The molecule has 0 aliphatic heterocycles. The number of benzene rings is 1. The van der Waals surface area contributed by atoms with E-state index < -0.39 is 0 Å². The summed E-state index contributed by atoms with van der Waals surface area (Å²) >= 11 is 0. The van der Waals surface area contributed by atoms with E-state index in [9.17, 15) is 4.79 Å². The minimum Gasteiger partial charge on any atom is -0.381 e. The standard InChI is InChI=1S/C16H23NO2/c1-12-4-6-13(7-5-12)16(18)17(2)14-8-10-15(19-3)11-9-14/h4-7,14-15H,8-11H2,1-3H3. The molecule has 104 valence electrons. The topological polar surface area (TPSA) is 29.5 Å². The van der Waals surface area contributed by atoms with Gasteiger partial charge in [0.05, 0.1) is 6.10 Å². The molecule has 0 bridgehead atoms. The maximum atomic E-state index is 12.4. The fourth-order valence-electron chi connectivity index (χ4n) is 2.73. The van der Waals surface area contributed by atoms with E-state index in [-0.39, 0.29) is 5.91 Å². The lowest BCUT2D eigenvalue weighted by molar-refractivity contribution is 0.0386. The monoisotopic (exact) mass is 261 g/mol. The molecule has 0 N–H and O–H groups in total. The molecule has 3 heteroatoms. The predicted molar refractivity (Wildman–Crippen MR) is 76.3 cm³/mol. The Balaban J connectivity index is 1.98. The van der Waals surface area contributed by atoms with Gasteiger partial charge in [-0.25, -0.2) is 0 Å². The number of aryl methyl sites for hydroxylation is 1. The van der Waals surface area contributed by atoms with Gasteiger partial charge < -0.3 is 9.64 Å². The maximum Gasteiger partial charge on any atom is 0.253 e. The molecular weight excluding hydrogens is 238 g/mol. The van der Waals surface area contributed by atoms with Gasteiger partial charge in [0.1, 0.15) is 0 Å². The second-order valence-corrected chi connectivity index (χ2v) is 5.45. The Hall–Kier alpha value is -1.35. The van der Waals surface area contributed by atoms with Gasteiger partial charge in [-0.15, -0.1) is 0 Å². The average Bonchev–Trinajstić information content (AvgIpc) is 2.46. The lowest BCUT2D eigenvalue weighted by atomic mass is 9.91. The molecule has 1 aliphatic rings. The number of rotatable bonds is 3. The van der Waals surface area contributed by atoms with Crippen molar-refractivity contribution in [3.63, 3.8) is 0 Å². The first kappa shape index (κ1) is 14.1. The summed E-state index contributed by atoms with van der Waals surface area (Å²) < 4.78 is 5.37. The fourth-order valence-corrected chi connectivity index (χ4v) is 2.73. The summed E-state index contributed by atoms with van der Waals surface area (Å²) in [6.45, 7) is 2.03. The third-order valence-electron chi connectivity index (χ3n) is 4.14. The van der Waals surface area contributed by atoms with Gasteiger partial charge in [-0.3, -0.25) is 4.79 Å². The van der Waals surface area contributed by atoms with E-state index in [1.165, 1.54) is 5.56 Å². The molecule has 2 rings (SSSR count). The summed E-state index contributed by atoms with van der Waals surface area (Å²) in [6, 6.07) is 8.15. The van der Waals surface area contributed by atoms with Crippen LogP contribution in [0.2, 0.25) is 0 Å². The van der Waals surface area contributed by atoms with Crippen LogP contribution in [0.15, 0.2) is 24.3 Å². The molecule has 19 heavy (non-hydrogen) atoms. The van der Waals surface area contributed by atoms with Gasteiger partial charge in [0.15, 0.2) is 0 Å². The van der Waals surface area contributed by atoms with Crippen molar-refractivity contribution in [3.8, 4) is 0 Å². The minimum atomic E-state index is 0.126. The molecule has 0 spiro atoms. The number of hydrogen-bond donors (Lipinski definition) is 0. The number of ether oxygens (including phenoxy) is 1. The van der Waals surface area contributed by atoms with E-state index in [0.29, 0.717) is 12.1 Å². The van der Waals surface area contributed by atoms with Crippen LogP contribution in [0, 0.1) is 6.92 Å². The molecule has 0 aromatic heterocycles. The van der Waals surface area contributed by atoms with Gasteiger partial charge in [0.2, 0.25) is 0 Å². The number of carbonyl (C=O) groups excluding carboxylic acids is 1. The zero-order valence-electron chi connectivity index (χ0n) is 12.1. The highest BCUT2D eigenvalue weighted by atomic mass is 16.5. The van der Waals surface area contributed by atoms with Crippen molar-refractivity contribution in [1.29, 1.82) is 0 Å². The second-order valence-electron chi connectivity index (χ2n) is 5.45. The zero-order valence-corrected chi connectivity index (χ0v) is 12.1. The third-order valence-corrected chi connectivity index (χ3v) is 4.14. The largest absolute Gasteiger partial charge is 0.381 e. The molecule has 0 saturated heterocycles. The summed E-state index contributed by atoms with van der Waals surface area (Å²) in [6.07, 6.45) is 4.54. The molecule has 3 nitrogen and oxygen atoms in total. The Kier molecular flexibility index (Phi) is 4.59. The van der Waals surface area contributed by atoms with Crippen molar-refractivity contribution < 1.29 is 9.53 Å². The van der Waals surface area contributed by atoms with Gasteiger partial charge in [0.25, 0.3) is 5.91 Å². The lowest BCUT2D eigenvalue weighted by Gasteiger charge is -2.34. The zero-order chi connectivity index (χ0) is 13.8. The van der Waals surface area contributed by atoms with E-state index in [0.717, 1.165) is 31.2 Å². The molecular formula is C16H23NO2. The Morgan fingerprint density at radius 2 is 1.74 bits per heavy atom. The summed E-state index contributed by atoms with van der Waals surface area (Å²) in [7, 11) is 3.69. The Morgan fingerprint density at radius 3 is 2.26 bits per heavy atom. The first-order valence-electron chi connectivity index (χ1n) is 6.98. The van der Waals surface area contributed by atoms with Gasteiger partial charge in [0, 0.05) is 25.8 Å². The Morgan fingerprint density at radius 1 is 1.16 bits per heavy atom. The van der Waals surface area contributed by atoms with Crippen molar-refractivity contribution in [2.45, 2.75) is 44.8 Å². The minimum absolute atomic E-state index is 0.126. The number of methoxy groups -OCH3 is 1. The lowest BCUT2D eigenvalue weighted by Crippen LogP contribution is -2.40. The van der Waals surface area contributed by atoms with Crippen LogP contribution in [0.25, 0.3) is 0 Å². The van der Waals surface area contributed by atoms with Crippen LogP contribution < -0.4 is 0 Å². The van der Waals surface area contributed by atoms with Crippen LogP contribution in [0.4, 0.5) is 0 Å². The van der Waals surface area contributed by atoms with E-state index in [4.69, 9.17) is 4.74 Å². The predicted octanol–water partition coefficient (Wildman–Crippen LogP) is 3.02. The van der Waals surface area contributed by atoms with Crippen LogP contribution in [0.5, 0.6) is 0 Å². The summed E-state index contributed by atoms with van der Waals surface area (Å²) in [5.41, 5.74) is 1.96. The molecule has 1 aromatic carbocycles. The summed E-state index contributed by atoms with van der Waals surface area (Å²) in [5.74, 6) is 0.126. The van der Waals surface area contributed by atoms with Crippen molar-refractivity contribution in [2.75, 3.05) is 14.2 Å². The van der Waals surface area contributed by atoms with Crippen molar-refractivity contribution >= 4 is 5.91 Å².